The number of rotatable bonds is 29. The van der Waals surface area contributed by atoms with Crippen LogP contribution >= 0.6 is 7.60 Å². The van der Waals surface area contributed by atoms with Crippen molar-refractivity contribution in [2.45, 2.75) is 142 Å². The summed E-state index contributed by atoms with van der Waals surface area (Å²) >= 11 is 0. The maximum Gasteiger partial charge on any atom is 0.422 e. The predicted octanol–water partition coefficient (Wildman–Crippen LogP) is 10.8. The first-order valence-electron chi connectivity index (χ1n) is 18.6. The quantitative estimate of drug-likeness (QED) is 0.0658. The van der Waals surface area contributed by atoms with Crippen molar-refractivity contribution >= 4 is 13.5 Å². The van der Waals surface area contributed by atoms with Crippen molar-refractivity contribution in [1.29, 1.82) is 0 Å². The fourth-order valence-corrected chi connectivity index (χ4v) is 7.40. The topological polar surface area (TPSA) is 96.0 Å². The summed E-state index contributed by atoms with van der Waals surface area (Å²) in [6.07, 6.45) is 14.7. The molecule has 0 aliphatic rings. The van der Waals surface area contributed by atoms with Gasteiger partial charge in [-0.25, -0.2) is 0 Å². The van der Waals surface area contributed by atoms with E-state index in [4.69, 9.17) is 18.5 Å². The molecule has 2 rings (SSSR count). The molecular weight excluding hydrogens is 668 g/mol. The highest BCUT2D eigenvalue weighted by Gasteiger charge is 2.28. The molecule has 1 aromatic carbocycles. The van der Waals surface area contributed by atoms with E-state index in [9.17, 15) is 22.5 Å². The molecule has 1 heterocycles. The van der Waals surface area contributed by atoms with Gasteiger partial charge in [-0.1, -0.05) is 96.1 Å². The van der Waals surface area contributed by atoms with E-state index in [1.807, 2.05) is 12.1 Å². The summed E-state index contributed by atoms with van der Waals surface area (Å²) < 4.78 is 72.2. The molecule has 1 N–H and O–H groups in total. The van der Waals surface area contributed by atoms with E-state index >= 15 is 0 Å². The van der Waals surface area contributed by atoms with Gasteiger partial charge >= 0.3 is 13.8 Å². The van der Waals surface area contributed by atoms with Crippen LogP contribution < -0.4 is 14.8 Å². The fourth-order valence-electron chi connectivity index (χ4n) is 5.66. The minimum atomic E-state index is -4.43. The van der Waals surface area contributed by atoms with Crippen LogP contribution in [0.5, 0.6) is 11.5 Å². The number of benzene rings is 1. The molecule has 0 fully saturated rings. The number of alkyl halides is 3. The molecule has 0 saturated carbocycles. The van der Waals surface area contributed by atoms with Crippen LogP contribution in [-0.2, 0) is 31.4 Å². The van der Waals surface area contributed by atoms with Gasteiger partial charge in [0.05, 0.1) is 25.1 Å². The number of carbonyl (C=O) groups is 1. The molecule has 0 aliphatic heterocycles. The first-order valence-corrected chi connectivity index (χ1v) is 20.3. The highest BCUT2D eigenvalue weighted by molar-refractivity contribution is 7.53. The molecular formula is C38H60F3N2O6P. The van der Waals surface area contributed by atoms with Gasteiger partial charge in [-0.2, -0.15) is 13.2 Å². The number of aromatic nitrogens is 1. The Morgan fingerprint density at radius 3 is 1.94 bits per heavy atom. The van der Waals surface area contributed by atoms with E-state index in [2.05, 4.69) is 17.2 Å². The molecule has 8 nitrogen and oxygen atoms in total. The highest BCUT2D eigenvalue weighted by atomic mass is 31.2. The Kier molecular flexibility index (Phi) is 22.1. The Labute approximate surface area is 298 Å². The maximum atomic E-state index is 13.2. The number of ether oxygens (including phenoxy) is 2. The normalized spacial score (nSPS) is 12.5. The number of pyridine rings is 1. The van der Waals surface area contributed by atoms with E-state index < -0.39 is 20.4 Å². The molecule has 1 amide bonds. The van der Waals surface area contributed by atoms with Gasteiger partial charge < -0.3 is 23.8 Å². The zero-order valence-corrected chi connectivity index (χ0v) is 31.3. The molecule has 2 aromatic rings. The molecule has 0 spiro atoms. The number of halogens is 3. The Morgan fingerprint density at radius 2 is 1.38 bits per heavy atom. The standard InChI is InChI=1S/C38H60F3N2O6P/c1-4-7-8-9-10-11-12-13-14-15-16-17-18-19-37(44)43-33(25-27-50(45,48-5-2)49-6-3)28-32-20-22-35(23-21-32)46-30-34-29-36(24-26-42-34)47-31-38(39,40)41/h20-24,26,29,33H,4-19,25,27-28,30-31H2,1-3H3,(H,43,44)/t33-/m1/s1. The molecule has 1 atom stereocenters. The number of unbranched alkanes of at least 4 members (excludes halogenated alkanes) is 12. The smallest absolute Gasteiger partial charge is 0.422 e. The Morgan fingerprint density at radius 1 is 0.800 bits per heavy atom. The summed E-state index contributed by atoms with van der Waals surface area (Å²) in [6, 6.07) is 9.86. The van der Waals surface area contributed by atoms with Crippen molar-refractivity contribution < 1.29 is 41.1 Å². The largest absolute Gasteiger partial charge is 0.487 e. The van der Waals surface area contributed by atoms with Crippen LogP contribution in [0.3, 0.4) is 0 Å². The second kappa shape index (κ2) is 25.4. The number of carbonyl (C=O) groups excluding carboxylic acids is 1. The van der Waals surface area contributed by atoms with Gasteiger partial charge in [-0.15, -0.1) is 0 Å². The van der Waals surface area contributed by atoms with Crippen LogP contribution in [0.1, 0.15) is 128 Å². The number of nitrogens with zero attached hydrogens (tertiary/aromatic N) is 1. The molecule has 284 valence electrons. The highest BCUT2D eigenvalue weighted by Crippen LogP contribution is 2.48. The molecule has 0 radical (unpaired) electrons. The minimum absolute atomic E-state index is 0.0189. The zero-order chi connectivity index (χ0) is 36.5. The molecule has 50 heavy (non-hydrogen) atoms. The number of amides is 1. The maximum absolute atomic E-state index is 13.2. The fraction of sp³-hybridized carbons (Fsp3) is 0.684. The van der Waals surface area contributed by atoms with E-state index in [-0.39, 0.29) is 43.7 Å². The van der Waals surface area contributed by atoms with E-state index in [0.717, 1.165) is 24.8 Å². The van der Waals surface area contributed by atoms with Crippen molar-refractivity contribution in [2.75, 3.05) is 26.0 Å². The van der Waals surface area contributed by atoms with Gasteiger partial charge in [-0.05, 0) is 56.9 Å². The van der Waals surface area contributed by atoms with Crippen LogP contribution in [0.15, 0.2) is 42.6 Å². The lowest BCUT2D eigenvalue weighted by Gasteiger charge is -2.22. The zero-order valence-electron chi connectivity index (χ0n) is 30.4. The van der Waals surface area contributed by atoms with Crippen LogP contribution in [0.4, 0.5) is 13.2 Å². The second-order valence-electron chi connectivity index (χ2n) is 12.7. The van der Waals surface area contributed by atoms with Gasteiger partial charge in [0.15, 0.2) is 6.61 Å². The summed E-state index contributed by atoms with van der Waals surface area (Å²) in [6.45, 7) is 5.01. The molecule has 1 aromatic heterocycles. The first-order chi connectivity index (χ1) is 24.1. The minimum Gasteiger partial charge on any atom is -0.487 e. The lowest BCUT2D eigenvalue weighted by atomic mass is 10.0. The Balaban J connectivity index is 1.84. The van der Waals surface area contributed by atoms with Gasteiger partial charge in [-0.3, -0.25) is 14.3 Å². The SMILES string of the molecule is CCCCCCCCCCCCCCCC(=O)N[C@H](CCP(=O)(OCC)OCC)Cc1ccc(OCc2cc(OCC(F)(F)F)ccn2)cc1. The number of hydrogen-bond acceptors (Lipinski definition) is 7. The monoisotopic (exact) mass is 728 g/mol. The molecule has 0 unspecified atom stereocenters. The summed E-state index contributed by atoms with van der Waals surface area (Å²) in [4.78, 5) is 17.1. The second-order valence-corrected chi connectivity index (χ2v) is 14.9. The number of hydrogen-bond donors (Lipinski definition) is 1. The van der Waals surface area contributed by atoms with Crippen LogP contribution in [0.2, 0.25) is 0 Å². The third-order valence-electron chi connectivity index (χ3n) is 8.26. The third kappa shape index (κ3) is 20.9. The van der Waals surface area contributed by atoms with E-state index in [1.54, 1.807) is 26.0 Å². The van der Waals surface area contributed by atoms with Crippen LogP contribution in [0, 0.1) is 0 Å². The molecule has 0 saturated heterocycles. The molecule has 0 aliphatic carbocycles. The summed E-state index contributed by atoms with van der Waals surface area (Å²) in [5.41, 5.74) is 1.37. The van der Waals surface area contributed by atoms with Crippen molar-refractivity contribution in [3.63, 3.8) is 0 Å². The Bertz CT molecular complexity index is 1220. The molecule has 12 heteroatoms. The van der Waals surface area contributed by atoms with Gasteiger partial charge in [0.1, 0.15) is 18.1 Å². The van der Waals surface area contributed by atoms with E-state index in [1.165, 1.54) is 82.5 Å². The van der Waals surface area contributed by atoms with Crippen molar-refractivity contribution in [1.82, 2.24) is 10.3 Å². The van der Waals surface area contributed by atoms with Crippen molar-refractivity contribution in [3.05, 3.63) is 53.9 Å². The predicted molar refractivity (Wildman–Crippen MR) is 193 cm³/mol. The summed E-state index contributed by atoms with van der Waals surface area (Å²) in [7, 11) is -3.28. The van der Waals surface area contributed by atoms with Gasteiger partial charge in [0.2, 0.25) is 5.91 Å². The lowest BCUT2D eigenvalue weighted by molar-refractivity contribution is -0.153. The molecule has 0 bridgehead atoms. The number of nitrogens with one attached hydrogen (secondary N) is 1. The van der Waals surface area contributed by atoms with E-state index in [0.29, 0.717) is 30.7 Å². The van der Waals surface area contributed by atoms with Gasteiger partial charge in [0, 0.05) is 24.7 Å². The lowest BCUT2D eigenvalue weighted by Crippen LogP contribution is -2.37. The third-order valence-corrected chi connectivity index (χ3v) is 10.4. The first kappa shape index (κ1) is 43.5. The van der Waals surface area contributed by atoms with Crippen molar-refractivity contribution in [2.24, 2.45) is 0 Å². The van der Waals surface area contributed by atoms with Crippen LogP contribution in [-0.4, -0.2) is 49.1 Å². The van der Waals surface area contributed by atoms with Crippen molar-refractivity contribution in [3.8, 4) is 11.5 Å². The van der Waals surface area contributed by atoms with Crippen LogP contribution in [0.25, 0.3) is 0 Å². The average Bonchev–Trinajstić information content (AvgIpc) is 3.08. The van der Waals surface area contributed by atoms with Gasteiger partial charge in [0.25, 0.3) is 0 Å². The average molecular weight is 729 g/mol. The summed E-state index contributed by atoms with van der Waals surface area (Å²) in [5, 5.41) is 3.16. The summed E-state index contributed by atoms with van der Waals surface area (Å²) in [5.74, 6) is 0.596. The Hall–Kier alpha value is -2.62.